The molecule has 91 valence electrons. The summed E-state index contributed by atoms with van der Waals surface area (Å²) in [4.78, 5) is 13.2. The number of hydrogen-bond donors (Lipinski definition) is 0. The molecule has 1 amide bonds. The van der Waals surface area contributed by atoms with E-state index in [1.165, 1.54) is 37.0 Å². The van der Waals surface area contributed by atoms with Crippen molar-refractivity contribution in [1.29, 1.82) is 0 Å². The third-order valence-corrected chi connectivity index (χ3v) is 5.75. The molecule has 4 bridgehead atoms. The third-order valence-electron chi connectivity index (χ3n) is 5.53. The van der Waals surface area contributed by atoms with Crippen LogP contribution >= 0.6 is 12.2 Å². The van der Waals surface area contributed by atoms with Gasteiger partial charge in [0.1, 0.15) is 11.1 Å². The van der Waals surface area contributed by atoms with Crippen molar-refractivity contribution in [3.05, 3.63) is 0 Å². The summed E-state index contributed by atoms with van der Waals surface area (Å²) in [6, 6.07) is 0. The molecule has 5 aliphatic rings. The number of rotatable bonds is 1. The van der Waals surface area contributed by atoms with Gasteiger partial charge in [-0.15, -0.1) is 0 Å². The zero-order chi connectivity index (χ0) is 11.6. The number of nitrogens with zero attached hydrogens (tertiary/aromatic N) is 1. The molecule has 5 fully saturated rings. The highest BCUT2D eigenvalue weighted by molar-refractivity contribution is 7.78. The molecule has 4 heteroatoms. The van der Waals surface area contributed by atoms with E-state index in [1.807, 2.05) is 0 Å². The van der Waals surface area contributed by atoms with Crippen LogP contribution in [0.3, 0.4) is 0 Å². The van der Waals surface area contributed by atoms with Crippen molar-refractivity contribution in [2.75, 3.05) is 6.54 Å². The van der Waals surface area contributed by atoms with E-state index in [2.05, 4.69) is 5.49 Å². The predicted molar refractivity (Wildman–Crippen MR) is 65.6 cm³/mol. The largest absolute Gasteiger partial charge is 0.440 e. The van der Waals surface area contributed by atoms with E-state index < -0.39 is 0 Å². The van der Waals surface area contributed by atoms with Crippen molar-refractivity contribution >= 4 is 23.8 Å². The topological polar surface area (TPSA) is 29.5 Å². The lowest BCUT2D eigenvalue weighted by molar-refractivity contribution is -0.151. The van der Waals surface area contributed by atoms with E-state index in [4.69, 9.17) is 17.0 Å². The third kappa shape index (κ3) is 1.22. The van der Waals surface area contributed by atoms with Crippen LogP contribution in [0.25, 0.3) is 0 Å². The molecule has 0 aromatic carbocycles. The maximum Gasteiger partial charge on any atom is 0.415 e. The summed E-state index contributed by atoms with van der Waals surface area (Å²) in [5.74, 6) is 2.95. The molecule has 5 rings (SSSR count). The van der Waals surface area contributed by atoms with Crippen molar-refractivity contribution in [3.63, 3.8) is 0 Å². The summed E-state index contributed by atoms with van der Waals surface area (Å²) in [5, 5.41) is 0. The first-order chi connectivity index (χ1) is 8.21. The molecule has 0 aromatic heterocycles. The number of carbonyl (C=O) groups excluding carboxylic acids is 1. The molecule has 1 saturated heterocycles. The van der Waals surface area contributed by atoms with E-state index >= 15 is 0 Å². The van der Waals surface area contributed by atoms with Gasteiger partial charge in [0.05, 0.1) is 6.54 Å². The Morgan fingerprint density at radius 3 is 2.24 bits per heavy atom. The first-order valence-electron chi connectivity index (χ1n) is 6.59. The van der Waals surface area contributed by atoms with Crippen molar-refractivity contribution in [2.45, 2.75) is 37.7 Å². The van der Waals surface area contributed by atoms with Gasteiger partial charge in [-0.25, -0.2) is 4.79 Å². The number of ether oxygens (including phenoxy) is 1. The maximum atomic E-state index is 11.8. The second-order valence-corrected chi connectivity index (χ2v) is 6.49. The molecule has 0 unspecified atom stereocenters. The SMILES string of the molecule is O=C1OC2(CN1[C]=S)C1CC3CC(C1)CC2C3. The minimum Gasteiger partial charge on any atom is -0.440 e. The molecule has 3 nitrogen and oxygen atoms in total. The average molecular weight is 250 g/mol. The predicted octanol–water partition coefficient (Wildman–Crippen LogP) is 2.47. The van der Waals surface area contributed by atoms with Crippen LogP contribution in [0.5, 0.6) is 0 Å². The minimum absolute atomic E-state index is 0.212. The highest BCUT2D eigenvalue weighted by Crippen LogP contribution is 2.60. The molecule has 0 aromatic rings. The van der Waals surface area contributed by atoms with Crippen molar-refractivity contribution in [2.24, 2.45) is 23.7 Å². The highest BCUT2D eigenvalue weighted by atomic mass is 32.1. The lowest BCUT2D eigenvalue weighted by Gasteiger charge is -2.58. The van der Waals surface area contributed by atoms with Crippen LogP contribution in [0.2, 0.25) is 0 Å². The molecular formula is C13H16NO2S. The molecule has 1 radical (unpaired) electrons. The lowest BCUT2D eigenvalue weighted by atomic mass is 9.50. The Kier molecular flexibility index (Phi) is 1.95. The molecule has 4 saturated carbocycles. The smallest absolute Gasteiger partial charge is 0.415 e. The number of carbonyl (C=O) groups is 1. The second kappa shape index (κ2) is 3.22. The summed E-state index contributed by atoms with van der Waals surface area (Å²) in [5.41, 5.74) is 2.33. The van der Waals surface area contributed by atoms with Gasteiger partial charge in [-0.2, -0.15) is 0 Å². The van der Waals surface area contributed by atoms with E-state index in [0.717, 1.165) is 11.8 Å². The van der Waals surface area contributed by atoms with Gasteiger partial charge < -0.3 is 4.74 Å². The molecule has 0 N–H and O–H groups in total. The van der Waals surface area contributed by atoms with Crippen LogP contribution in [0.1, 0.15) is 32.1 Å². The Hall–Kier alpha value is -0.640. The van der Waals surface area contributed by atoms with Crippen LogP contribution in [0.4, 0.5) is 4.79 Å². The van der Waals surface area contributed by atoms with Crippen molar-refractivity contribution in [3.8, 4) is 0 Å². The summed E-state index contributed by atoms with van der Waals surface area (Å²) in [6.07, 6.45) is 6.17. The Bertz CT molecular complexity index is 367. The minimum atomic E-state index is -0.271. The second-order valence-electron chi connectivity index (χ2n) is 6.30. The number of amides is 1. The molecule has 1 heterocycles. The Labute approximate surface area is 106 Å². The van der Waals surface area contributed by atoms with E-state index in [1.54, 1.807) is 0 Å². The normalized spacial score (nSPS) is 51.1. The quantitative estimate of drug-likeness (QED) is 0.670. The van der Waals surface area contributed by atoms with Gasteiger partial charge >= 0.3 is 6.09 Å². The number of hydrogen-bond acceptors (Lipinski definition) is 3. The molecular weight excluding hydrogens is 234 g/mol. The molecule has 4 aliphatic carbocycles. The van der Waals surface area contributed by atoms with E-state index in [0.29, 0.717) is 18.4 Å². The van der Waals surface area contributed by atoms with E-state index in [-0.39, 0.29) is 11.7 Å². The van der Waals surface area contributed by atoms with Gasteiger partial charge in [-0.05, 0) is 43.9 Å². The summed E-state index contributed by atoms with van der Waals surface area (Å²) in [6.45, 7) is 0.657. The molecule has 1 aliphatic heterocycles. The van der Waals surface area contributed by atoms with Crippen molar-refractivity contribution < 1.29 is 9.53 Å². The summed E-state index contributed by atoms with van der Waals surface area (Å²) < 4.78 is 5.79. The monoisotopic (exact) mass is 250 g/mol. The highest BCUT2D eigenvalue weighted by Gasteiger charge is 2.63. The van der Waals surface area contributed by atoms with Crippen LogP contribution < -0.4 is 0 Å². The van der Waals surface area contributed by atoms with Gasteiger partial charge in [0.2, 0.25) is 0 Å². The van der Waals surface area contributed by atoms with Crippen LogP contribution in [0, 0.1) is 23.7 Å². The standard InChI is InChI=1S/C13H16NO2S/c15-12-14(7-17)6-13(16-12)10-2-8-1-9(4-10)5-11(13)3-8/h8-11H,1-6H2. The zero-order valence-electron chi connectivity index (χ0n) is 9.72. The van der Waals surface area contributed by atoms with Crippen LogP contribution in [-0.4, -0.2) is 28.6 Å². The number of thiocarbonyl (C=S) groups is 1. The fourth-order valence-corrected chi connectivity index (χ4v) is 5.18. The first-order valence-corrected chi connectivity index (χ1v) is 7.00. The molecule has 0 atom stereocenters. The van der Waals surface area contributed by atoms with Gasteiger partial charge in [-0.3, -0.25) is 4.90 Å². The maximum absolute atomic E-state index is 11.8. The van der Waals surface area contributed by atoms with Crippen molar-refractivity contribution in [1.82, 2.24) is 4.90 Å². The van der Waals surface area contributed by atoms with Gasteiger partial charge in [0, 0.05) is 11.8 Å². The van der Waals surface area contributed by atoms with Gasteiger partial charge in [0.15, 0.2) is 0 Å². The molecule has 17 heavy (non-hydrogen) atoms. The zero-order valence-corrected chi connectivity index (χ0v) is 10.5. The van der Waals surface area contributed by atoms with Gasteiger partial charge in [-0.1, -0.05) is 12.2 Å². The Balaban J connectivity index is 1.70. The fraction of sp³-hybridized carbons (Fsp3) is 0.846. The first kappa shape index (κ1) is 10.3. The lowest BCUT2D eigenvalue weighted by Crippen LogP contribution is -2.59. The summed E-state index contributed by atoms with van der Waals surface area (Å²) in [7, 11) is 0. The fourth-order valence-electron chi connectivity index (χ4n) is 5.04. The van der Waals surface area contributed by atoms with Crippen LogP contribution in [-0.2, 0) is 4.74 Å². The summed E-state index contributed by atoms with van der Waals surface area (Å²) >= 11 is 4.78. The Morgan fingerprint density at radius 1 is 1.18 bits per heavy atom. The molecule has 1 spiro atoms. The van der Waals surface area contributed by atoms with E-state index in [9.17, 15) is 4.79 Å². The van der Waals surface area contributed by atoms with Gasteiger partial charge in [0.25, 0.3) is 0 Å². The van der Waals surface area contributed by atoms with Crippen LogP contribution in [0.15, 0.2) is 0 Å². The average Bonchev–Trinajstić information content (AvgIpc) is 2.64. The Morgan fingerprint density at radius 2 is 1.76 bits per heavy atom.